The number of fused-ring (bicyclic) bond motifs is 1. The second-order valence-electron chi connectivity index (χ2n) is 6.73. The predicted octanol–water partition coefficient (Wildman–Crippen LogP) is 4.16. The Hall–Kier alpha value is -1.59. The van der Waals surface area contributed by atoms with Gasteiger partial charge in [-0.3, -0.25) is 4.79 Å². The minimum atomic E-state index is -1.93. The summed E-state index contributed by atoms with van der Waals surface area (Å²) in [5.74, 6) is -0.519. The average molecular weight is 340 g/mol. The lowest BCUT2D eigenvalue weighted by molar-refractivity contribution is 0.0132. The summed E-state index contributed by atoms with van der Waals surface area (Å²) in [4.78, 5) is 26.3. The number of rotatable bonds is 3. The Bertz CT molecular complexity index is 638. The van der Waals surface area contributed by atoms with Gasteiger partial charge in [-0.15, -0.1) is 0 Å². The van der Waals surface area contributed by atoms with Gasteiger partial charge in [0.25, 0.3) is 0 Å². The van der Waals surface area contributed by atoms with Gasteiger partial charge >= 0.3 is 6.09 Å². The Morgan fingerprint density at radius 2 is 2.04 bits per heavy atom. The van der Waals surface area contributed by atoms with E-state index >= 15 is 0 Å². The van der Waals surface area contributed by atoms with E-state index in [1.165, 1.54) is 6.07 Å². The summed E-state index contributed by atoms with van der Waals surface area (Å²) in [6.45, 7) is 7.15. The van der Waals surface area contributed by atoms with Crippen LogP contribution in [0.4, 0.5) is 10.5 Å². The highest BCUT2D eigenvalue weighted by molar-refractivity contribution is 6.32. The van der Waals surface area contributed by atoms with Crippen LogP contribution in [0.5, 0.6) is 0 Å². The van der Waals surface area contributed by atoms with Crippen LogP contribution in [0, 0.1) is 0 Å². The number of carbonyl (C=O) groups is 2. The Labute approximate surface area is 141 Å². The van der Waals surface area contributed by atoms with Crippen molar-refractivity contribution in [3.05, 3.63) is 28.8 Å². The predicted molar refractivity (Wildman–Crippen MR) is 89.0 cm³/mol. The maximum Gasteiger partial charge on any atom is 0.417 e. The fourth-order valence-electron chi connectivity index (χ4n) is 2.61. The number of hydrogen-bond acceptors (Lipinski definition) is 4. The number of unbranched alkanes of at least 4 members (excludes halogenated alkanes) is 1. The molecule has 1 aliphatic heterocycles. The van der Waals surface area contributed by atoms with Crippen LogP contribution < -0.4 is 4.90 Å². The zero-order valence-electron chi connectivity index (χ0n) is 13.9. The summed E-state index contributed by atoms with van der Waals surface area (Å²) < 4.78 is 5.37. The van der Waals surface area contributed by atoms with Crippen LogP contribution in [-0.2, 0) is 4.74 Å². The van der Waals surface area contributed by atoms with E-state index < -0.39 is 23.2 Å². The van der Waals surface area contributed by atoms with Crippen LogP contribution in [-0.4, -0.2) is 28.3 Å². The molecular weight excluding hydrogens is 318 g/mol. The fraction of sp³-hybridized carbons (Fsp3) is 0.529. The van der Waals surface area contributed by atoms with Gasteiger partial charge in [0.2, 0.25) is 11.5 Å². The van der Waals surface area contributed by atoms with E-state index in [2.05, 4.69) is 0 Å². The molecule has 5 nitrogen and oxygen atoms in total. The lowest BCUT2D eigenvalue weighted by atomic mass is 9.99. The summed E-state index contributed by atoms with van der Waals surface area (Å²) in [6.07, 6.45) is 0.789. The summed E-state index contributed by atoms with van der Waals surface area (Å²) in [5, 5.41) is 11.3. The first-order valence-electron chi connectivity index (χ1n) is 7.70. The number of nitrogens with zero attached hydrogens (tertiary/aromatic N) is 1. The number of amides is 1. The second kappa shape index (κ2) is 6.13. The first-order chi connectivity index (χ1) is 10.6. The quantitative estimate of drug-likeness (QED) is 0.898. The van der Waals surface area contributed by atoms with Crippen LogP contribution in [0.2, 0.25) is 5.02 Å². The van der Waals surface area contributed by atoms with Crippen molar-refractivity contribution in [3.63, 3.8) is 0 Å². The van der Waals surface area contributed by atoms with Crippen molar-refractivity contribution in [1.82, 2.24) is 0 Å². The van der Waals surface area contributed by atoms with Gasteiger partial charge in [-0.1, -0.05) is 24.9 Å². The van der Waals surface area contributed by atoms with Gasteiger partial charge in [0.05, 0.1) is 5.69 Å². The van der Waals surface area contributed by atoms with Gasteiger partial charge in [-0.05, 0) is 45.4 Å². The van der Waals surface area contributed by atoms with Gasteiger partial charge in [-0.2, -0.15) is 0 Å². The molecule has 0 aliphatic carbocycles. The van der Waals surface area contributed by atoms with Gasteiger partial charge in [0.1, 0.15) is 5.60 Å². The number of anilines is 1. The van der Waals surface area contributed by atoms with E-state index in [0.717, 1.165) is 11.3 Å². The maximum atomic E-state index is 12.7. The lowest BCUT2D eigenvalue weighted by Gasteiger charge is -2.33. The maximum absolute atomic E-state index is 12.7. The standard InChI is InChI=1S/C17H22ClNO4/c1-5-6-9-17(22)14(20)12-10-11(18)7-8-13(12)19(17)15(21)23-16(2,3)4/h7-8,10,22H,5-6,9H2,1-4H3. The van der Waals surface area contributed by atoms with E-state index in [0.29, 0.717) is 17.1 Å². The zero-order valence-corrected chi connectivity index (χ0v) is 14.6. The number of ketones is 1. The largest absolute Gasteiger partial charge is 0.443 e. The number of carbonyl (C=O) groups excluding carboxylic acids is 2. The molecule has 1 unspecified atom stereocenters. The minimum Gasteiger partial charge on any atom is -0.443 e. The first kappa shape index (κ1) is 17.8. The van der Waals surface area contributed by atoms with Crippen LogP contribution in [0.3, 0.4) is 0 Å². The number of Topliss-reactive ketones (excluding diaryl/α,β-unsaturated/α-hetero) is 1. The Morgan fingerprint density at radius 3 is 2.61 bits per heavy atom. The van der Waals surface area contributed by atoms with Crippen LogP contribution in [0.25, 0.3) is 0 Å². The average Bonchev–Trinajstić information content (AvgIpc) is 2.64. The van der Waals surface area contributed by atoms with Crippen molar-refractivity contribution in [3.8, 4) is 0 Å². The van der Waals surface area contributed by atoms with E-state index in [9.17, 15) is 14.7 Å². The van der Waals surface area contributed by atoms with Crippen molar-refractivity contribution in [1.29, 1.82) is 0 Å². The topological polar surface area (TPSA) is 66.8 Å². The minimum absolute atomic E-state index is 0.147. The van der Waals surface area contributed by atoms with Gasteiger partial charge in [-0.25, -0.2) is 9.69 Å². The monoisotopic (exact) mass is 339 g/mol. The number of hydrogen-bond donors (Lipinski definition) is 1. The third-order valence-corrected chi connectivity index (χ3v) is 3.87. The molecule has 0 spiro atoms. The smallest absolute Gasteiger partial charge is 0.417 e. The Morgan fingerprint density at radius 1 is 1.39 bits per heavy atom. The van der Waals surface area contributed by atoms with Crippen molar-refractivity contribution >= 4 is 29.2 Å². The highest BCUT2D eigenvalue weighted by Crippen LogP contribution is 2.42. The normalized spacial score (nSPS) is 20.6. The third kappa shape index (κ3) is 3.35. The molecule has 1 aliphatic rings. The molecule has 1 amide bonds. The molecule has 1 aromatic rings. The highest BCUT2D eigenvalue weighted by atomic mass is 35.5. The molecule has 0 fully saturated rings. The van der Waals surface area contributed by atoms with Crippen molar-refractivity contribution in [2.24, 2.45) is 0 Å². The van der Waals surface area contributed by atoms with Crippen molar-refractivity contribution < 1.29 is 19.4 Å². The molecule has 2 rings (SSSR count). The third-order valence-electron chi connectivity index (χ3n) is 3.63. The van der Waals surface area contributed by atoms with Gasteiger partial charge in [0.15, 0.2) is 0 Å². The molecule has 1 heterocycles. The number of benzene rings is 1. The number of ether oxygens (including phenoxy) is 1. The lowest BCUT2D eigenvalue weighted by Crippen LogP contribution is -2.54. The van der Waals surface area contributed by atoms with Crippen LogP contribution in [0.15, 0.2) is 18.2 Å². The first-order valence-corrected chi connectivity index (χ1v) is 8.08. The molecule has 126 valence electrons. The zero-order chi connectivity index (χ0) is 17.4. The molecule has 1 N–H and O–H groups in total. The van der Waals surface area contributed by atoms with Crippen LogP contribution in [0.1, 0.15) is 57.3 Å². The Balaban J connectivity index is 2.49. The van der Waals surface area contributed by atoms with Gasteiger partial charge < -0.3 is 9.84 Å². The molecule has 1 atom stereocenters. The van der Waals surface area contributed by atoms with Crippen LogP contribution >= 0.6 is 11.6 Å². The SMILES string of the molecule is CCCCC1(O)C(=O)c2cc(Cl)ccc2N1C(=O)OC(C)(C)C. The van der Waals surface area contributed by atoms with E-state index in [4.69, 9.17) is 16.3 Å². The molecule has 0 radical (unpaired) electrons. The highest BCUT2D eigenvalue weighted by Gasteiger charge is 2.53. The van der Waals surface area contributed by atoms with E-state index in [-0.39, 0.29) is 12.0 Å². The summed E-state index contributed by atoms with van der Waals surface area (Å²) in [6, 6.07) is 4.61. The molecule has 0 saturated heterocycles. The Kier molecular flexibility index (Phi) is 4.74. The van der Waals surface area contributed by atoms with E-state index in [1.54, 1.807) is 32.9 Å². The van der Waals surface area contributed by atoms with Crippen molar-refractivity contribution in [2.45, 2.75) is 58.3 Å². The molecule has 0 bridgehead atoms. The van der Waals surface area contributed by atoms with Gasteiger partial charge in [0, 0.05) is 17.0 Å². The molecule has 0 aromatic heterocycles. The summed E-state index contributed by atoms with van der Waals surface area (Å²) >= 11 is 5.95. The number of halogens is 1. The molecule has 6 heteroatoms. The molecule has 1 aromatic carbocycles. The van der Waals surface area contributed by atoms with Crippen molar-refractivity contribution in [2.75, 3.05) is 4.90 Å². The second-order valence-corrected chi connectivity index (χ2v) is 7.16. The fourth-order valence-corrected chi connectivity index (χ4v) is 2.78. The molecular formula is C17H22ClNO4. The van der Waals surface area contributed by atoms with E-state index in [1.807, 2.05) is 6.92 Å². The molecule has 0 saturated carbocycles. The molecule has 23 heavy (non-hydrogen) atoms. The summed E-state index contributed by atoms with van der Waals surface area (Å²) in [7, 11) is 0. The number of aliphatic hydroxyl groups is 1. The summed E-state index contributed by atoms with van der Waals surface area (Å²) in [5.41, 5.74) is -2.10.